The number of nitrogens with one attached hydrogen (secondary N) is 3. The molecule has 0 aromatic carbocycles. The smallest absolute Gasteiger partial charge is 0.269 e. The van der Waals surface area contributed by atoms with Gasteiger partial charge in [-0.2, -0.15) is 5.26 Å². The van der Waals surface area contributed by atoms with E-state index in [2.05, 4.69) is 20.9 Å². The highest BCUT2D eigenvalue weighted by Gasteiger charge is 2.24. The van der Waals surface area contributed by atoms with Crippen LogP contribution in [-0.2, 0) is 11.3 Å². The summed E-state index contributed by atoms with van der Waals surface area (Å²) in [7, 11) is 0. The van der Waals surface area contributed by atoms with Crippen LogP contribution >= 0.6 is 11.3 Å². The Labute approximate surface area is 215 Å². The summed E-state index contributed by atoms with van der Waals surface area (Å²) in [4.78, 5) is 30.3. The number of nitriles is 1. The number of rotatable bonds is 9. The molecule has 11 heteroatoms. The van der Waals surface area contributed by atoms with Crippen LogP contribution < -0.4 is 30.7 Å². The Morgan fingerprint density at radius 1 is 1.25 bits per heavy atom. The molecule has 5 N–H and O–H groups in total. The van der Waals surface area contributed by atoms with Gasteiger partial charge in [0.1, 0.15) is 28.6 Å². The van der Waals surface area contributed by atoms with E-state index in [1.54, 1.807) is 45.9 Å². The van der Waals surface area contributed by atoms with Gasteiger partial charge in [-0.25, -0.2) is 4.98 Å². The van der Waals surface area contributed by atoms with Crippen molar-refractivity contribution >= 4 is 40.0 Å². The van der Waals surface area contributed by atoms with Gasteiger partial charge in [0.05, 0.1) is 16.7 Å². The van der Waals surface area contributed by atoms with Crippen molar-refractivity contribution in [1.29, 1.82) is 5.26 Å². The maximum absolute atomic E-state index is 13.1. The van der Waals surface area contributed by atoms with E-state index in [0.29, 0.717) is 29.3 Å². The maximum atomic E-state index is 13.1. The van der Waals surface area contributed by atoms with E-state index < -0.39 is 17.7 Å². The fourth-order valence-corrected chi connectivity index (χ4v) is 4.23. The third kappa shape index (κ3) is 7.16. The molecule has 0 aliphatic rings. The third-order valence-electron chi connectivity index (χ3n) is 5.38. The highest BCUT2D eigenvalue weighted by Crippen LogP contribution is 2.21. The van der Waals surface area contributed by atoms with Crippen LogP contribution in [0.25, 0.3) is 11.1 Å². The minimum absolute atomic E-state index is 0.176. The van der Waals surface area contributed by atoms with E-state index in [4.69, 9.17) is 0 Å². The van der Waals surface area contributed by atoms with Crippen molar-refractivity contribution in [3.8, 4) is 6.07 Å². The summed E-state index contributed by atoms with van der Waals surface area (Å²) in [5.41, 5.74) is -1.01. The summed E-state index contributed by atoms with van der Waals surface area (Å²) in [6.07, 6.45) is -0.781. The fraction of sp³-hybridized carbons (Fsp3) is 0.520. The number of aliphatic hydroxyl groups is 2. The van der Waals surface area contributed by atoms with Gasteiger partial charge in [-0.05, 0) is 45.4 Å². The lowest BCUT2D eigenvalue weighted by molar-refractivity contribution is -0.117. The van der Waals surface area contributed by atoms with E-state index in [1.807, 2.05) is 26.8 Å². The van der Waals surface area contributed by atoms with Gasteiger partial charge >= 0.3 is 0 Å². The zero-order valence-electron chi connectivity index (χ0n) is 21.9. The van der Waals surface area contributed by atoms with E-state index >= 15 is 0 Å². The quantitative estimate of drug-likeness (QED) is 0.309. The molecular weight excluding hydrogens is 480 g/mol. The number of thiazole rings is 1. The van der Waals surface area contributed by atoms with E-state index in [-0.39, 0.29) is 27.8 Å². The second-order valence-electron chi connectivity index (χ2n) is 10.2. The van der Waals surface area contributed by atoms with Gasteiger partial charge in [0, 0.05) is 18.5 Å². The molecule has 0 saturated heterocycles. The van der Waals surface area contributed by atoms with Crippen molar-refractivity contribution in [2.45, 2.75) is 66.8 Å². The topological polar surface area (TPSA) is 152 Å². The SMILES string of the molecule is CCn1c(=O)c(=C(C)CNc2cccc(NC(O)C(C)(C)C)n2)s/c1=C(/C#N)C(=O)NC(C)(C)CO. The van der Waals surface area contributed by atoms with Crippen molar-refractivity contribution in [1.82, 2.24) is 14.9 Å². The first kappa shape index (κ1) is 29.0. The molecule has 1 amide bonds. The summed E-state index contributed by atoms with van der Waals surface area (Å²) < 4.78 is 2.11. The number of hydrogen-bond acceptors (Lipinski definition) is 9. The lowest BCUT2D eigenvalue weighted by Crippen LogP contribution is -2.47. The lowest BCUT2D eigenvalue weighted by Gasteiger charge is -2.27. The standard InChI is InChI=1S/C25H36N6O4S/c1-8-31-21(34)19(36-22(31)16(12-26)20(33)30-25(6,7)14-32)15(2)13-27-17-10-9-11-18(28-17)29-23(35)24(3,4)5/h9-11,23,32,35H,8,13-14H2,1-7H3,(H,30,33)(H2,27,28,29)/b19-15?,22-16-. The van der Waals surface area contributed by atoms with Crippen LogP contribution in [0.4, 0.5) is 11.6 Å². The number of nitrogens with zero attached hydrogens (tertiary/aromatic N) is 3. The summed E-state index contributed by atoms with van der Waals surface area (Å²) in [5, 5.41) is 38.2. The first-order valence-corrected chi connectivity index (χ1v) is 12.5. The van der Waals surface area contributed by atoms with Gasteiger partial charge in [0.25, 0.3) is 11.5 Å². The molecule has 0 aliphatic carbocycles. The van der Waals surface area contributed by atoms with Crippen LogP contribution in [0.3, 0.4) is 0 Å². The van der Waals surface area contributed by atoms with Crippen LogP contribution in [0.2, 0.25) is 0 Å². The number of carbonyl (C=O) groups excluding carboxylic acids is 1. The molecule has 1 unspecified atom stereocenters. The maximum Gasteiger partial charge on any atom is 0.269 e. The molecule has 2 heterocycles. The van der Waals surface area contributed by atoms with Crippen molar-refractivity contribution in [3.63, 3.8) is 0 Å². The molecule has 10 nitrogen and oxygen atoms in total. The van der Waals surface area contributed by atoms with Crippen molar-refractivity contribution < 1.29 is 15.0 Å². The number of aliphatic hydroxyl groups excluding tert-OH is 2. The van der Waals surface area contributed by atoms with Gasteiger partial charge in [-0.3, -0.25) is 14.2 Å². The molecule has 2 rings (SSSR count). The third-order valence-corrected chi connectivity index (χ3v) is 6.72. The molecular formula is C25H36N6O4S. The van der Waals surface area contributed by atoms with E-state index in [9.17, 15) is 25.1 Å². The summed E-state index contributed by atoms with van der Waals surface area (Å²) >= 11 is 1.09. The second kappa shape index (κ2) is 11.7. The predicted molar refractivity (Wildman–Crippen MR) is 143 cm³/mol. The molecule has 0 saturated carbocycles. The second-order valence-corrected chi connectivity index (χ2v) is 11.2. The first-order valence-electron chi connectivity index (χ1n) is 11.7. The minimum Gasteiger partial charge on any atom is -0.394 e. The highest BCUT2D eigenvalue weighted by molar-refractivity contribution is 7.07. The first-order chi connectivity index (χ1) is 16.7. The number of pyridine rings is 1. The molecule has 196 valence electrons. The summed E-state index contributed by atoms with van der Waals surface area (Å²) in [6, 6.07) is 7.26. The predicted octanol–water partition coefficient (Wildman–Crippen LogP) is 0.945. The van der Waals surface area contributed by atoms with Crippen LogP contribution in [0.15, 0.2) is 23.0 Å². The Morgan fingerprint density at radius 2 is 1.89 bits per heavy atom. The van der Waals surface area contributed by atoms with Gasteiger partial charge in [0.2, 0.25) is 0 Å². The molecule has 0 bridgehead atoms. The monoisotopic (exact) mass is 516 g/mol. The number of amides is 1. The van der Waals surface area contributed by atoms with Crippen LogP contribution in [0.1, 0.15) is 48.5 Å². The Bertz CT molecular complexity index is 1310. The van der Waals surface area contributed by atoms with Crippen molar-refractivity contribution in [2.75, 3.05) is 23.8 Å². The summed E-state index contributed by atoms with van der Waals surface area (Å²) in [6.45, 7) is 12.9. The zero-order chi connectivity index (χ0) is 27.3. The van der Waals surface area contributed by atoms with Crippen molar-refractivity contribution in [3.05, 3.63) is 37.7 Å². The normalized spacial score (nSPS) is 14.4. The zero-order valence-corrected chi connectivity index (χ0v) is 22.7. The van der Waals surface area contributed by atoms with Gasteiger partial charge in [-0.1, -0.05) is 26.8 Å². The number of anilines is 2. The Kier molecular flexibility index (Phi) is 9.43. The Balaban J connectivity index is 2.40. The highest BCUT2D eigenvalue weighted by atomic mass is 32.1. The van der Waals surface area contributed by atoms with E-state index in [0.717, 1.165) is 16.9 Å². The molecule has 2 aromatic rings. The Morgan fingerprint density at radius 3 is 2.44 bits per heavy atom. The van der Waals surface area contributed by atoms with Crippen molar-refractivity contribution in [2.24, 2.45) is 5.41 Å². The molecule has 0 fully saturated rings. The van der Waals surface area contributed by atoms with Gasteiger partial charge < -0.3 is 26.2 Å². The number of hydrogen-bond donors (Lipinski definition) is 5. The molecule has 36 heavy (non-hydrogen) atoms. The molecule has 0 radical (unpaired) electrons. The van der Waals surface area contributed by atoms with Crippen LogP contribution in [-0.4, -0.2) is 50.6 Å². The minimum atomic E-state index is -0.915. The molecule has 1 atom stereocenters. The largest absolute Gasteiger partial charge is 0.394 e. The fourth-order valence-electron chi connectivity index (χ4n) is 3.03. The average molecular weight is 517 g/mol. The number of carbonyl (C=O) groups is 1. The Hall–Kier alpha value is -3.20. The van der Waals surface area contributed by atoms with Crippen LogP contribution in [0.5, 0.6) is 0 Å². The van der Waals surface area contributed by atoms with Gasteiger partial charge in [0.15, 0.2) is 5.57 Å². The molecule has 0 aliphatic heterocycles. The number of aromatic nitrogens is 2. The lowest BCUT2D eigenvalue weighted by atomic mass is 9.94. The van der Waals surface area contributed by atoms with Crippen LogP contribution in [0, 0.1) is 16.7 Å². The molecule has 0 spiro atoms. The van der Waals surface area contributed by atoms with E-state index in [1.165, 1.54) is 4.57 Å². The average Bonchev–Trinajstić information content (AvgIpc) is 3.13. The summed E-state index contributed by atoms with van der Waals surface area (Å²) in [5.74, 6) is 0.424. The van der Waals surface area contributed by atoms with Gasteiger partial charge in [-0.15, -0.1) is 11.3 Å². The molecule has 2 aromatic heterocycles.